The molecule has 0 atom stereocenters. The first-order valence-corrected chi connectivity index (χ1v) is 9.63. The number of aromatic nitrogens is 2. The number of benzene rings is 2. The van der Waals surface area contributed by atoms with E-state index in [1.54, 1.807) is 25.1 Å². The number of anilines is 1. The van der Waals surface area contributed by atoms with E-state index in [1.807, 2.05) is 49.3 Å². The zero-order valence-electron chi connectivity index (χ0n) is 17.1. The van der Waals surface area contributed by atoms with E-state index in [0.717, 1.165) is 21.5 Å². The van der Waals surface area contributed by atoms with E-state index in [-0.39, 0.29) is 16.8 Å². The highest BCUT2D eigenvalue weighted by atomic mass is 35.5. The fourth-order valence-corrected chi connectivity index (χ4v) is 3.09. The number of carbonyl (C=O) groups is 1. The van der Waals surface area contributed by atoms with Crippen LogP contribution in [0.15, 0.2) is 47.3 Å². The minimum atomic E-state index is -1.36. The Morgan fingerprint density at radius 1 is 1.19 bits per heavy atom. The van der Waals surface area contributed by atoms with Crippen LogP contribution in [-0.2, 0) is 0 Å². The number of hydrogen-bond acceptors (Lipinski definition) is 5. The van der Waals surface area contributed by atoms with Gasteiger partial charge < -0.3 is 10.0 Å². The number of nitrogens with zero attached hydrogens (tertiary/aromatic N) is 4. The van der Waals surface area contributed by atoms with Crippen LogP contribution >= 0.6 is 11.6 Å². The average Bonchev–Trinajstić information content (AvgIpc) is 2.74. The zero-order valence-corrected chi connectivity index (χ0v) is 17.9. The predicted octanol–water partition coefficient (Wildman–Crippen LogP) is 4.00. The van der Waals surface area contributed by atoms with E-state index in [9.17, 15) is 20.0 Å². The number of carboxylic acid groups (broad SMARTS) is 1. The third-order valence-corrected chi connectivity index (χ3v) is 5.10. The van der Waals surface area contributed by atoms with E-state index in [0.29, 0.717) is 5.02 Å². The predicted molar refractivity (Wildman–Crippen MR) is 121 cm³/mol. The summed E-state index contributed by atoms with van der Waals surface area (Å²) in [5.74, 6) is -1.36. The van der Waals surface area contributed by atoms with Gasteiger partial charge in [-0.25, -0.2) is 4.79 Å². The molecule has 0 fully saturated rings. The van der Waals surface area contributed by atoms with Crippen molar-refractivity contribution in [3.63, 3.8) is 0 Å². The van der Waals surface area contributed by atoms with Crippen LogP contribution in [-0.4, -0.2) is 35.0 Å². The summed E-state index contributed by atoms with van der Waals surface area (Å²) in [4.78, 5) is 26.8. The van der Waals surface area contributed by atoms with Gasteiger partial charge in [-0.05, 0) is 42.3 Å². The van der Waals surface area contributed by atoms with Crippen LogP contribution in [0.25, 0.3) is 17.8 Å². The number of aromatic carboxylic acids is 1. The van der Waals surface area contributed by atoms with Crippen molar-refractivity contribution in [1.82, 2.24) is 9.78 Å². The third kappa shape index (κ3) is 4.49. The Balaban J connectivity index is 2.15. The average molecular weight is 435 g/mol. The van der Waals surface area contributed by atoms with Crippen molar-refractivity contribution in [3.05, 3.63) is 85.8 Å². The topological polar surface area (TPSA) is 99.2 Å². The van der Waals surface area contributed by atoms with Crippen LogP contribution in [0.1, 0.15) is 32.7 Å². The fraction of sp³-hybridized carbons (Fsp3) is 0.130. The second-order valence-corrected chi connectivity index (χ2v) is 7.43. The van der Waals surface area contributed by atoms with Gasteiger partial charge in [0.15, 0.2) is 5.69 Å². The van der Waals surface area contributed by atoms with Gasteiger partial charge in [0.2, 0.25) is 0 Å². The third-order valence-electron chi connectivity index (χ3n) is 4.70. The molecule has 156 valence electrons. The van der Waals surface area contributed by atoms with Gasteiger partial charge in [-0.15, -0.1) is 0 Å². The molecule has 0 unspecified atom stereocenters. The van der Waals surface area contributed by atoms with Gasteiger partial charge in [-0.1, -0.05) is 42.0 Å². The zero-order chi connectivity index (χ0) is 22.7. The Bertz CT molecular complexity index is 1290. The molecule has 8 heteroatoms. The van der Waals surface area contributed by atoms with Gasteiger partial charge >= 0.3 is 5.97 Å². The molecule has 0 spiro atoms. The Hall–Kier alpha value is -3.89. The van der Waals surface area contributed by atoms with Crippen molar-refractivity contribution in [1.29, 1.82) is 5.26 Å². The Morgan fingerprint density at radius 3 is 2.42 bits per heavy atom. The van der Waals surface area contributed by atoms with Crippen LogP contribution in [0, 0.1) is 18.3 Å². The highest BCUT2D eigenvalue weighted by Gasteiger charge is 2.21. The molecule has 0 radical (unpaired) electrons. The highest BCUT2D eigenvalue weighted by molar-refractivity contribution is 6.31. The normalized spacial score (nSPS) is 10.8. The summed E-state index contributed by atoms with van der Waals surface area (Å²) in [6.07, 6.45) is 3.06. The van der Waals surface area contributed by atoms with Crippen molar-refractivity contribution in [2.45, 2.75) is 6.92 Å². The molecule has 7 nitrogen and oxygen atoms in total. The number of carboxylic acids is 1. The molecule has 1 aromatic heterocycles. The molecule has 0 bridgehead atoms. The molecule has 1 heterocycles. The van der Waals surface area contributed by atoms with Crippen LogP contribution in [0.2, 0.25) is 5.02 Å². The molecule has 3 rings (SSSR count). The molecular weight excluding hydrogens is 416 g/mol. The van der Waals surface area contributed by atoms with E-state index < -0.39 is 17.2 Å². The molecule has 2 aromatic carbocycles. The number of halogens is 1. The van der Waals surface area contributed by atoms with Crippen molar-refractivity contribution >= 4 is 35.4 Å². The minimum absolute atomic E-state index is 0.0499. The van der Waals surface area contributed by atoms with Crippen molar-refractivity contribution < 1.29 is 9.90 Å². The molecule has 0 saturated heterocycles. The molecule has 1 N–H and O–H groups in total. The summed E-state index contributed by atoms with van der Waals surface area (Å²) in [5.41, 5.74) is 1.34. The number of hydrogen-bond donors (Lipinski definition) is 1. The van der Waals surface area contributed by atoms with Crippen LogP contribution in [0.4, 0.5) is 5.69 Å². The van der Waals surface area contributed by atoms with Crippen LogP contribution in [0.3, 0.4) is 0 Å². The van der Waals surface area contributed by atoms with Gasteiger partial charge in [0, 0.05) is 30.4 Å². The standard InChI is InChI=1S/C23H19ClN4O3/c1-14-4-8-17(12-20(14)24)28-22(29)19(13-25)18(21(26-28)23(30)31)11-7-15-5-9-16(10-6-15)27(2)3/h4-12H,1-3H3,(H,30,31)/b11-7-. The lowest BCUT2D eigenvalue weighted by molar-refractivity contribution is 0.0688. The second-order valence-electron chi connectivity index (χ2n) is 7.02. The van der Waals surface area contributed by atoms with Gasteiger partial charge in [-0.3, -0.25) is 4.79 Å². The summed E-state index contributed by atoms with van der Waals surface area (Å²) in [6, 6.07) is 14.1. The maximum atomic E-state index is 12.9. The molecule has 0 amide bonds. The Morgan fingerprint density at radius 2 is 1.87 bits per heavy atom. The number of rotatable bonds is 5. The van der Waals surface area contributed by atoms with Crippen molar-refractivity contribution in [2.75, 3.05) is 19.0 Å². The molecule has 31 heavy (non-hydrogen) atoms. The maximum absolute atomic E-state index is 12.9. The second kappa shape index (κ2) is 8.86. The van der Waals surface area contributed by atoms with E-state index in [1.165, 1.54) is 12.1 Å². The van der Waals surface area contributed by atoms with E-state index in [2.05, 4.69) is 5.10 Å². The number of aryl methyl sites for hydroxylation is 1. The Labute approximate surface area is 184 Å². The lowest BCUT2D eigenvalue weighted by Gasteiger charge is -2.12. The van der Waals surface area contributed by atoms with E-state index in [4.69, 9.17) is 11.6 Å². The lowest BCUT2D eigenvalue weighted by Crippen LogP contribution is -2.28. The summed E-state index contributed by atoms with van der Waals surface area (Å²) in [6.45, 7) is 1.80. The summed E-state index contributed by atoms with van der Waals surface area (Å²) in [7, 11) is 3.84. The monoisotopic (exact) mass is 434 g/mol. The van der Waals surface area contributed by atoms with Gasteiger partial charge in [0.1, 0.15) is 11.6 Å². The highest BCUT2D eigenvalue weighted by Crippen LogP contribution is 2.21. The molecular formula is C23H19ClN4O3. The first kappa shape index (κ1) is 21.8. The molecule has 0 aliphatic carbocycles. The fourth-order valence-electron chi connectivity index (χ4n) is 2.92. The van der Waals surface area contributed by atoms with Crippen molar-refractivity contribution in [2.24, 2.45) is 0 Å². The summed E-state index contributed by atoms with van der Waals surface area (Å²) in [5, 5.41) is 23.7. The molecule has 0 saturated carbocycles. The van der Waals surface area contributed by atoms with Gasteiger partial charge in [-0.2, -0.15) is 15.0 Å². The lowest BCUT2D eigenvalue weighted by atomic mass is 10.1. The largest absolute Gasteiger partial charge is 0.476 e. The van der Waals surface area contributed by atoms with Crippen LogP contribution < -0.4 is 10.5 Å². The van der Waals surface area contributed by atoms with Gasteiger partial charge in [0.05, 0.1) is 5.69 Å². The SMILES string of the molecule is Cc1ccc(-n2nc(C(=O)O)c(/C=C\c3ccc(N(C)C)cc3)c(C#N)c2=O)cc1Cl. The van der Waals surface area contributed by atoms with Crippen LogP contribution in [0.5, 0.6) is 0 Å². The first-order chi connectivity index (χ1) is 14.7. The molecule has 0 aliphatic rings. The Kier molecular flexibility index (Phi) is 6.23. The maximum Gasteiger partial charge on any atom is 0.357 e. The summed E-state index contributed by atoms with van der Waals surface area (Å²) >= 11 is 6.13. The van der Waals surface area contributed by atoms with Gasteiger partial charge in [0.25, 0.3) is 5.56 Å². The summed E-state index contributed by atoms with van der Waals surface area (Å²) < 4.78 is 0.885. The minimum Gasteiger partial charge on any atom is -0.476 e. The number of nitriles is 1. The quantitative estimate of drug-likeness (QED) is 0.651. The van der Waals surface area contributed by atoms with Crippen molar-refractivity contribution in [3.8, 4) is 11.8 Å². The first-order valence-electron chi connectivity index (χ1n) is 9.25. The van der Waals surface area contributed by atoms with E-state index >= 15 is 0 Å². The molecule has 0 aliphatic heterocycles. The smallest absolute Gasteiger partial charge is 0.357 e. The molecule has 3 aromatic rings.